The van der Waals surface area contributed by atoms with Crippen molar-refractivity contribution in [3.8, 4) is 0 Å². The number of carbonyl (C=O) groups is 1. The van der Waals surface area contributed by atoms with Gasteiger partial charge in [-0.1, -0.05) is 68.3 Å². The van der Waals surface area contributed by atoms with Gasteiger partial charge in [0.1, 0.15) is 6.54 Å². The molecule has 1 N–H and O–H groups in total. The third-order valence-corrected chi connectivity index (χ3v) is 7.07. The monoisotopic (exact) mass is 549 g/mol. The van der Waals surface area contributed by atoms with Crippen molar-refractivity contribution in [2.24, 2.45) is 5.10 Å². The van der Waals surface area contributed by atoms with Gasteiger partial charge in [-0.3, -0.25) is 9.10 Å². The number of hydrazone groups is 1. The summed E-state index contributed by atoms with van der Waals surface area (Å²) in [6.07, 6.45) is 1.48. The molecule has 0 heterocycles. The Hall–Kier alpha value is -2.49. The molecule has 0 bridgehead atoms. The number of hydrogen-bond donors (Lipinski definition) is 1. The number of benzene rings is 3. The summed E-state index contributed by atoms with van der Waals surface area (Å²) in [5, 5.41) is 3.93. The molecule has 154 valence electrons. The molecule has 0 aliphatic carbocycles. The lowest BCUT2D eigenvalue weighted by molar-refractivity contribution is -0.119. The van der Waals surface area contributed by atoms with Gasteiger partial charge >= 0.3 is 0 Å². The maximum Gasteiger partial charge on any atom is 0.264 e. The maximum absolute atomic E-state index is 13.2. The van der Waals surface area contributed by atoms with E-state index in [1.165, 1.54) is 18.3 Å². The molecule has 6 nitrogen and oxygen atoms in total. The average Bonchev–Trinajstić information content (AvgIpc) is 2.75. The first-order valence-corrected chi connectivity index (χ1v) is 11.8. The normalized spacial score (nSPS) is 11.4. The van der Waals surface area contributed by atoms with Crippen LogP contribution in [0.15, 0.2) is 97.8 Å². The molecule has 3 aromatic rings. The van der Waals surface area contributed by atoms with Gasteiger partial charge < -0.3 is 0 Å². The summed E-state index contributed by atoms with van der Waals surface area (Å²) >= 11 is 6.73. The SMILES string of the molecule is O=C(CN(c1ccc(Br)cc1)S(=O)(=O)c1ccccc1)N/N=C\c1ccccc1Br. The number of carbonyl (C=O) groups excluding carboxylic acids is 1. The predicted octanol–water partition coefficient (Wildman–Crippen LogP) is 4.56. The second kappa shape index (κ2) is 10.0. The first kappa shape index (κ1) is 22.2. The molecule has 1 amide bonds. The van der Waals surface area contributed by atoms with Crippen molar-refractivity contribution in [2.75, 3.05) is 10.8 Å². The van der Waals surface area contributed by atoms with Crippen LogP contribution >= 0.6 is 31.9 Å². The summed E-state index contributed by atoms with van der Waals surface area (Å²) < 4.78 is 29.0. The summed E-state index contributed by atoms with van der Waals surface area (Å²) in [5.41, 5.74) is 3.53. The van der Waals surface area contributed by atoms with Crippen molar-refractivity contribution in [2.45, 2.75) is 4.90 Å². The van der Waals surface area contributed by atoms with Gasteiger partial charge in [0, 0.05) is 14.5 Å². The number of sulfonamides is 1. The maximum atomic E-state index is 13.2. The lowest BCUT2D eigenvalue weighted by atomic mass is 10.2. The van der Waals surface area contributed by atoms with Crippen LogP contribution in [0.5, 0.6) is 0 Å². The number of halogens is 2. The predicted molar refractivity (Wildman–Crippen MR) is 125 cm³/mol. The second-order valence-electron chi connectivity index (χ2n) is 6.12. The van der Waals surface area contributed by atoms with Crippen molar-refractivity contribution in [1.29, 1.82) is 0 Å². The van der Waals surface area contributed by atoms with Crippen molar-refractivity contribution >= 4 is 59.7 Å². The fourth-order valence-corrected chi connectivity index (χ4v) is 4.66. The Balaban J connectivity index is 1.83. The average molecular weight is 551 g/mol. The Kier molecular flexibility index (Phi) is 7.41. The molecule has 0 aliphatic heterocycles. The molecule has 3 rings (SSSR count). The standard InChI is InChI=1S/C21H17Br2N3O3S/c22-17-10-12-18(13-11-17)26(30(28,29)19-7-2-1-3-8-19)15-21(27)25-24-14-16-6-4-5-9-20(16)23/h1-14H,15H2,(H,25,27)/b24-14-. The molecule has 0 fully saturated rings. The van der Waals surface area contributed by atoms with E-state index in [0.29, 0.717) is 5.69 Å². The van der Waals surface area contributed by atoms with Crippen molar-refractivity contribution in [3.63, 3.8) is 0 Å². The van der Waals surface area contributed by atoms with Gasteiger partial charge in [0.05, 0.1) is 16.8 Å². The highest BCUT2D eigenvalue weighted by molar-refractivity contribution is 9.10. The minimum Gasteiger partial charge on any atom is -0.271 e. The molecule has 0 saturated heterocycles. The van der Waals surface area contributed by atoms with Crippen molar-refractivity contribution in [1.82, 2.24) is 5.43 Å². The minimum atomic E-state index is -3.95. The Morgan fingerprint density at radius 1 is 0.933 bits per heavy atom. The molecule has 3 aromatic carbocycles. The Bertz CT molecular complexity index is 1150. The summed E-state index contributed by atoms with van der Waals surface area (Å²) in [5.74, 6) is -0.569. The molecular weight excluding hydrogens is 534 g/mol. The van der Waals surface area contributed by atoms with Gasteiger partial charge in [-0.25, -0.2) is 13.8 Å². The van der Waals surface area contributed by atoms with Crippen LogP contribution < -0.4 is 9.73 Å². The Morgan fingerprint density at radius 2 is 1.57 bits per heavy atom. The highest BCUT2D eigenvalue weighted by Gasteiger charge is 2.27. The first-order valence-electron chi connectivity index (χ1n) is 8.78. The number of nitrogens with zero attached hydrogens (tertiary/aromatic N) is 2. The first-order chi connectivity index (χ1) is 14.4. The van der Waals surface area contributed by atoms with Crippen LogP contribution in [0.25, 0.3) is 0 Å². The summed E-state index contributed by atoms with van der Waals surface area (Å²) in [4.78, 5) is 12.6. The van der Waals surface area contributed by atoms with Crippen molar-refractivity contribution in [3.05, 3.63) is 93.4 Å². The number of hydrogen-bond acceptors (Lipinski definition) is 4. The zero-order valence-corrected chi connectivity index (χ0v) is 19.6. The summed E-state index contributed by atoms with van der Waals surface area (Å²) in [6, 6.07) is 22.0. The molecule has 0 spiro atoms. The quantitative estimate of drug-likeness (QED) is 0.346. The lowest BCUT2D eigenvalue weighted by Gasteiger charge is -2.23. The van der Waals surface area contributed by atoms with E-state index in [-0.39, 0.29) is 4.90 Å². The van der Waals surface area contributed by atoms with Crippen LogP contribution in [-0.4, -0.2) is 27.1 Å². The highest BCUT2D eigenvalue weighted by Crippen LogP contribution is 2.25. The fourth-order valence-electron chi connectivity index (χ4n) is 2.56. The van der Waals surface area contributed by atoms with Crippen LogP contribution in [-0.2, 0) is 14.8 Å². The van der Waals surface area contributed by atoms with Crippen LogP contribution in [0.3, 0.4) is 0 Å². The number of amides is 1. The molecule has 0 unspecified atom stereocenters. The van der Waals surface area contributed by atoms with E-state index in [2.05, 4.69) is 42.4 Å². The highest BCUT2D eigenvalue weighted by atomic mass is 79.9. The molecule has 0 aromatic heterocycles. The van der Waals surface area contributed by atoms with E-state index >= 15 is 0 Å². The summed E-state index contributed by atoms with van der Waals surface area (Å²) in [6.45, 7) is -0.424. The fraction of sp³-hybridized carbons (Fsp3) is 0.0476. The lowest BCUT2D eigenvalue weighted by Crippen LogP contribution is -2.39. The van der Waals surface area contributed by atoms with E-state index in [9.17, 15) is 13.2 Å². The van der Waals surface area contributed by atoms with Gasteiger partial charge in [0.25, 0.3) is 15.9 Å². The van der Waals surface area contributed by atoms with E-state index in [0.717, 1.165) is 18.8 Å². The van der Waals surface area contributed by atoms with Gasteiger partial charge in [0.2, 0.25) is 0 Å². The van der Waals surface area contributed by atoms with Gasteiger partial charge in [-0.15, -0.1) is 0 Å². The molecule has 9 heteroatoms. The second-order valence-corrected chi connectivity index (χ2v) is 9.75. The zero-order valence-electron chi connectivity index (χ0n) is 15.6. The minimum absolute atomic E-state index is 0.0948. The molecule has 0 aliphatic rings. The van der Waals surface area contributed by atoms with Crippen molar-refractivity contribution < 1.29 is 13.2 Å². The Morgan fingerprint density at radius 3 is 2.23 bits per heavy atom. The number of rotatable bonds is 7. The largest absolute Gasteiger partial charge is 0.271 e. The topological polar surface area (TPSA) is 78.8 Å². The molecule has 0 radical (unpaired) electrons. The van der Waals surface area contributed by atoms with Crippen LogP contribution in [0, 0.1) is 0 Å². The zero-order chi connectivity index (χ0) is 21.6. The van der Waals surface area contributed by atoms with Crippen LogP contribution in [0.1, 0.15) is 5.56 Å². The van der Waals surface area contributed by atoms with Crippen LogP contribution in [0.2, 0.25) is 0 Å². The number of nitrogens with one attached hydrogen (secondary N) is 1. The van der Waals surface area contributed by atoms with Gasteiger partial charge in [-0.2, -0.15) is 5.10 Å². The third-order valence-electron chi connectivity index (χ3n) is 4.03. The summed E-state index contributed by atoms with van der Waals surface area (Å²) in [7, 11) is -3.95. The molecule has 0 atom stereocenters. The van der Waals surface area contributed by atoms with Gasteiger partial charge in [0.15, 0.2) is 0 Å². The van der Waals surface area contributed by atoms with E-state index in [1.807, 2.05) is 24.3 Å². The van der Waals surface area contributed by atoms with E-state index < -0.39 is 22.5 Å². The van der Waals surface area contributed by atoms with E-state index in [4.69, 9.17) is 0 Å². The number of anilines is 1. The molecular formula is C21H17Br2N3O3S. The Labute approximate surface area is 191 Å². The van der Waals surface area contributed by atoms with E-state index in [1.54, 1.807) is 42.5 Å². The third kappa shape index (κ3) is 5.56. The molecule has 30 heavy (non-hydrogen) atoms. The molecule has 0 saturated carbocycles. The van der Waals surface area contributed by atoms with Gasteiger partial charge in [-0.05, 0) is 42.5 Å². The smallest absolute Gasteiger partial charge is 0.264 e. The van der Waals surface area contributed by atoms with Crippen LogP contribution in [0.4, 0.5) is 5.69 Å².